The van der Waals surface area contributed by atoms with Crippen LogP contribution in [-0.4, -0.2) is 26.1 Å². The number of anilines is 2. The number of nitrogens with one attached hydrogen (secondary N) is 1. The number of thioether (sulfide) groups is 1. The van der Waals surface area contributed by atoms with Crippen LogP contribution < -0.4 is 9.62 Å². The predicted octanol–water partition coefficient (Wildman–Crippen LogP) is 3.72. The van der Waals surface area contributed by atoms with Crippen LogP contribution >= 0.6 is 11.8 Å². The Morgan fingerprint density at radius 1 is 1.12 bits per heavy atom. The fraction of sp³-hybridized carbons (Fsp3) is 0.278. The minimum Gasteiger partial charge on any atom is -0.324 e. The number of hydrogen-bond donors (Lipinski definition) is 1. The fourth-order valence-electron chi connectivity index (χ4n) is 2.77. The summed E-state index contributed by atoms with van der Waals surface area (Å²) < 4.78 is 27.5. The Bertz CT molecular complexity index is 882. The summed E-state index contributed by atoms with van der Waals surface area (Å²) in [5.41, 5.74) is 1.18. The molecule has 0 aliphatic carbocycles. The highest BCUT2D eigenvalue weighted by Gasteiger charge is 2.29. The summed E-state index contributed by atoms with van der Waals surface area (Å²) in [7, 11) is -3.70. The third-order valence-electron chi connectivity index (χ3n) is 4.06. The Balaban J connectivity index is 1.99. The van der Waals surface area contributed by atoms with Gasteiger partial charge < -0.3 is 5.32 Å². The minimum atomic E-state index is -3.70. The first-order chi connectivity index (χ1) is 12.0. The average Bonchev–Trinajstić information content (AvgIpc) is 2.62. The molecule has 2 aromatic rings. The number of benzene rings is 2. The van der Waals surface area contributed by atoms with E-state index in [0.29, 0.717) is 17.9 Å². The van der Waals surface area contributed by atoms with Crippen molar-refractivity contribution in [3.8, 4) is 0 Å². The van der Waals surface area contributed by atoms with Gasteiger partial charge >= 0.3 is 0 Å². The fourth-order valence-corrected chi connectivity index (χ4v) is 5.29. The first kappa shape index (κ1) is 17.8. The van der Waals surface area contributed by atoms with Gasteiger partial charge in [-0.2, -0.15) is 0 Å². The van der Waals surface area contributed by atoms with Gasteiger partial charge in [-0.25, -0.2) is 8.42 Å². The van der Waals surface area contributed by atoms with Gasteiger partial charge in [0.2, 0.25) is 5.91 Å². The number of carbonyl (C=O) groups is 1. The Morgan fingerprint density at radius 3 is 2.48 bits per heavy atom. The van der Waals surface area contributed by atoms with Gasteiger partial charge in [0.05, 0.1) is 21.5 Å². The number of nitrogens with zero attached hydrogens (tertiary/aromatic N) is 1. The largest absolute Gasteiger partial charge is 0.324 e. The highest BCUT2D eigenvalue weighted by Crippen LogP contribution is 2.38. The molecule has 0 saturated heterocycles. The smallest absolute Gasteiger partial charge is 0.264 e. The Kier molecular flexibility index (Phi) is 5.06. The first-order valence-corrected chi connectivity index (χ1v) is 10.5. The third kappa shape index (κ3) is 3.39. The summed E-state index contributed by atoms with van der Waals surface area (Å²) in [5.74, 6) is -0.0787. The predicted molar refractivity (Wildman–Crippen MR) is 102 cm³/mol. The van der Waals surface area contributed by atoms with Crippen LogP contribution in [-0.2, 0) is 14.8 Å². The zero-order valence-corrected chi connectivity index (χ0v) is 15.7. The molecule has 0 saturated carbocycles. The van der Waals surface area contributed by atoms with E-state index in [1.54, 1.807) is 37.3 Å². The summed E-state index contributed by atoms with van der Waals surface area (Å²) in [6, 6.07) is 13.9. The lowest BCUT2D eigenvalue weighted by atomic mass is 10.2. The SMILES string of the molecule is CC[C@@H]1Sc2ccc(S(=O)(=O)N(CC)c3ccccc3)cc2NC1=O. The van der Waals surface area contributed by atoms with E-state index in [1.807, 2.05) is 25.1 Å². The number of carbonyl (C=O) groups excluding carboxylic acids is 1. The van der Waals surface area contributed by atoms with Crippen LogP contribution in [0, 0.1) is 0 Å². The van der Waals surface area contributed by atoms with Crippen molar-refractivity contribution in [1.82, 2.24) is 0 Å². The van der Waals surface area contributed by atoms with Crippen molar-refractivity contribution in [1.29, 1.82) is 0 Å². The molecular formula is C18H20N2O3S2. The van der Waals surface area contributed by atoms with Gasteiger partial charge in [0.15, 0.2) is 0 Å². The molecule has 1 aliphatic rings. The molecule has 0 unspecified atom stereocenters. The Labute approximate surface area is 152 Å². The maximum absolute atomic E-state index is 13.1. The van der Waals surface area contributed by atoms with E-state index < -0.39 is 10.0 Å². The van der Waals surface area contributed by atoms with E-state index in [2.05, 4.69) is 5.32 Å². The van der Waals surface area contributed by atoms with Crippen molar-refractivity contribution >= 4 is 39.1 Å². The molecule has 0 spiro atoms. The van der Waals surface area contributed by atoms with Crippen molar-refractivity contribution < 1.29 is 13.2 Å². The molecule has 1 aliphatic heterocycles. The first-order valence-electron chi connectivity index (χ1n) is 8.16. The highest BCUT2D eigenvalue weighted by atomic mass is 32.2. The van der Waals surface area contributed by atoms with Crippen molar-refractivity contribution in [2.75, 3.05) is 16.2 Å². The summed E-state index contributed by atoms with van der Waals surface area (Å²) in [6.45, 7) is 4.08. The van der Waals surface area contributed by atoms with Gasteiger partial charge in [0.1, 0.15) is 0 Å². The number of rotatable bonds is 5. The van der Waals surface area contributed by atoms with E-state index in [-0.39, 0.29) is 16.1 Å². The topological polar surface area (TPSA) is 66.5 Å². The second-order valence-electron chi connectivity index (χ2n) is 5.67. The zero-order valence-electron chi connectivity index (χ0n) is 14.1. The lowest BCUT2D eigenvalue weighted by Gasteiger charge is -2.26. The number of hydrogen-bond acceptors (Lipinski definition) is 4. The van der Waals surface area contributed by atoms with Crippen LogP contribution in [0.5, 0.6) is 0 Å². The van der Waals surface area contributed by atoms with Crippen molar-refractivity contribution in [3.05, 3.63) is 48.5 Å². The molecule has 0 fully saturated rings. The highest BCUT2D eigenvalue weighted by molar-refractivity contribution is 8.01. The number of para-hydroxylation sites is 1. The van der Waals surface area contributed by atoms with E-state index in [1.165, 1.54) is 16.1 Å². The standard InChI is InChI=1S/C18H20N2O3S2/c1-3-16-18(21)19-15-12-14(10-11-17(15)24-16)25(22,23)20(4-2)13-8-6-5-7-9-13/h5-12,16H,3-4H2,1-2H3,(H,19,21)/t16-/m0/s1. The molecule has 0 radical (unpaired) electrons. The monoisotopic (exact) mass is 376 g/mol. The zero-order chi connectivity index (χ0) is 18.0. The van der Waals surface area contributed by atoms with E-state index in [0.717, 1.165) is 11.3 Å². The molecule has 1 N–H and O–H groups in total. The van der Waals surface area contributed by atoms with Crippen LogP contribution in [0.1, 0.15) is 20.3 Å². The maximum atomic E-state index is 13.1. The van der Waals surface area contributed by atoms with Crippen LogP contribution in [0.3, 0.4) is 0 Å². The van der Waals surface area contributed by atoms with Crippen LogP contribution in [0.25, 0.3) is 0 Å². The van der Waals surface area contributed by atoms with Crippen LogP contribution in [0.4, 0.5) is 11.4 Å². The quantitative estimate of drug-likeness (QED) is 0.864. The number of amides is 1. The Hall–Kier alpha value is -1.99. The van der Waals surface area contributed by atoms with Gasteiger partial charge in [-0.05, 0) is 43.7 Å². The lowest BCUT2D eigenvalue weighted by molar-refractivity contribution is -0.115. The molecular weight excluding hydrogens is 356 g/mol. The second kappa shape index (κ2) is 7.09. The van der Waals surface area contributed by atoms with Crippen molar-refractivity contribution in [3.63, 3.8) is 0 Å². The van der Waals surface area contributed by atoms with Gasteiger partial charge in [0.25, 0.3) is 10.0 Å². The molecule has 3 rings (SSSR count). The summed E-state index contributed by atoms with van der Waals surface area (Å²) in [5, 5.41) is 2.69. The van der Waals surface area contributed by atoms with E-state index in [9.17, 15) is 13.2 Å². The molecule has 2 aromatic carbocycles. The molecule has 132 valence electrons. The normalized spacial score (nSPS) is 16.9. The molecule has 0 bridgehead atoms. The van der Waals surface area contributed by atoms with Gasteiger partial charge in [0, 0.05) is 11.4 Å². The molecule has 25 heavy (non-hydrogen) atoms. The second-order valence-corrected chi connectivity index (χ2v) is 8.77. The summed E-state index contributed by atoms with van der Waals surface area (Å²) in [4.78, 5) is 13.1. The molecule has 5 nitrogen and oxygen atoms in total. The molecule has 0 aromatic heterocycles. The molecule has 1 amide bonds. The van der Waals surface area contributed by atoms with Crippen LogP contribution in [0.2, 0.25) is 0 Å². The Morgan fingerprint density at radius 2 is 1.84 bits per heavy atom. The average molecular weight is 377 g/mol. The third-order valence-corrected chi connectivity index (χ3v) is 7.40. The molecule has 1 heterocycles. The maximum Gasteiger partial charge on any atom is 0.264 e. The lowest BCUT2D eigenvalue weighted by Crippen LogP contribution is -2.31. The van der Waals surface area contributed by atoms with Crippen LogP contribution in [0.15, 0.2) is 58.3 Å². The number of fused-ring (bicyclic) bond motifs is 1. The summed E-state index contributed by atoms with van der Waals surface area (Å²) in [6.07, 6.45) is 0.730. The van der Waals surface area contributed by atoms with Gasteiger partial charge in [-0.3, -0.25) is 9.10 Å². The van der Waals surface area contributed by atoms with Gasteiger partial charge in [-0.15, -0.1) is 11.8 Å². The van der Waals surface area contributed by atoms with Crippen molar-refractivity contribution in [2.45, 2.75) is 35.3 Å². The van der Waals surface area contributed by atoms with E-state index in [4.69, 9.17) is 0 Å². The molecule has 1 atom stereocenters. The molecule has 7 heteroatoms. The summed E-state index contributed by atoms with van der Waals surface area (Å²) >= 11 is 1.47. The van der Waals surface area contributed by atoms with Gasteiger partial charge in [-0.1, -0.05) is 25.1 Å². The minimum absolute atomic E-state index is 0.0787. The number of sulfonamides is 1. The van der Waals surface area contributed by atoms with Crippen molar-refractivity contribution in [2.24, 2.45) is 0 Å². The van der Waals surface area contributed by atoms with E-state index >= 15 is 0 Å².